The topological polar surface area (TPSA) is 98.5 Å². The summed E-state index contributed by atoms with van der Waals surface area (Å²) >= 11 is 0. The van der Waals surface area contributed by atoms with E-state index in [1.54, 1.807) is 27.7 Å². The second-order valence-electron chi connectivity index (χ2n) is 6.08. The van der Waals surface area contributed by atoms with Crippen molar-refractivity contribution >= 4 is 6.09 Å². The number of carbonyl (C=O) groups excluding carboxylic acids is 1. The van der Waals surface area contributed by atoms with E-state index in [-0.39, 0.29) is 12.6 Å². The van der Waals surface area contributed by atoms with Crippen LogP contribution in [0.1, 0.15) is 40.5 Å². The second kappa shape index (κ2) is 5.67. The van der Waals surface area contributed by atoms with Crippen molar-refractivity contribution in [2.45, 2.75) is 57.8 Å². The maximum Gasteiger partial charge on any atom is 0.410 e. The minimum atomic E-state index is -1.24. The zero-order chi connectivity index (χ0) is 14.7. The average Bonchev–Trinajstić information content (AvgIpc) is 2.73. The number of rotatable bonds is 3. The summed E-state index contributed by atoms with van der Waals surface area (Å²) in [5, 5.41) is 13.8. The second-order valence-corrected chi connectivity index (χ2v) is 6.08. The van der Waals surface area contributed by atoms with Crippen LogP contribution in [0.5, 0.6) is 0 Å². The molecule has 108 valence electrons. The summed E-state index contributed by atoms with van der Waals surface area (Å²) in [7, 11) is 0. The molecular formula is C12H22N4O3. The number of ether oxygens (including phenoxy) is 1. The van der Waals surface area contributed by atoms with Crippen molar-refractivity contribution in [3.05, 3.63) is 10.4 Å². The lowest BCUT2D eigenvalue weighted by atomic mass is 9.94. The molecule has 1 fully saturated rings. The maximum atomic E-state index is 12.1. The lowest BCUT2D eigenvalue weighted by molar-refractivity contribution is -0.0286. The summed E-state index contributed by atoms with van der Waals surface area (Å²) in [5.41, 5.74) is 6.54. The first-order valence-corrected chi connectivity index (χ1v) is 6.40. The molecule has 1 saturated heterocycles. The van der Waals surface area contributed by atoms with Crippen molar-refractivity contribution in [3.63, 3.8) is 0 Å². The number of likely N-dealkylation sites (tertiary alicyclic amines) is 1. The Bertz CT molecular complexity index is 383. The van der Waals surface area contributed by atoms with Gasteiger partial charge in [0.05, 0.1) is 18.2 Å². The van der Waals surface area contributed by atoms with Crippen LogP contribution in [-0.2, 0) is 4.74 Å². The van der Waals surface area contributed by atoms with E-state index < -0.39 is 17.3 Å². The highest BCUT2D eigenvalue weighted by molar-refractivity contribution is 5.69. The Labute approximate surface area is 113 Å². The Morgan fingerprint density at radius 1 is 1.53 bits per heavy atom. The van der Waals surface area contributed by atoms with Gasteiger partial charge in [0, 0.05) is 11.5 Å². The molecule has 1 amide bonds. The van der Waals surface area contributed by atoms with Crippen LogP contribution >= 0.6 is 0 Å². The molecule has 0 spiro atoms. The summed E-state index contributed by atoms with van der Waals surface area (Å²) in [6.45, 7) is 7.46. The van der Waals surface area contributed by atoms with Crippen LogP contribution in [0.4, 0.5) is 4.79 Å². The third-order valence-electron chi connectivity index (χ3n) is 3.05. The Morgan fingerprint density at radius 3 is 2.68 bits per heavy atom. The van der Waals surface area contributed by atoms with Gasteiger partial charge in [-0.25, -0.2) is 4.79 Å². The SMILES string of the molecule is CC(C)(C)OC(=O)N1CCC[C@@H]1[C@](C)(O)CN=[N+]=[N-]. The molecule has 1 aliphatic rings. The smallest absolute Gasteiger partial charge is 0.410 e. The molecule has 0 unspecified atom stereocenters. The Kier molecular flexibility index (Phi) is 4.66. The van der Waals surface area contributed by atoms with Gasteiger partial charge >= 0.3 is 6.09 Å². The molecule has 0 bridgehead atoms. The van der Waals surface area contributed by atoms with Crippen LogP contribution in [0.15, 0.2) is 5.11 Å². The number of hydrogen-bond acceptors (Lipinski definition) is 4. The van der Waals surface area contributed by atoms with Crippen LogP contribution in [0.2, 0.25) is 0 Å². The first kappa shape index (κ1) is 15.6. The van der Waals surface area contributed by atoms with Crippen LogP contribution in [0.3, 0.4) is 0 Å². The average molecular weight is 270 g/mol. The van der Waals surface area contributed by atoms with E-state index in [4.69, 9.17) is 10.3 Å². The van der Waals surface area contributed by atoms with Gasteiger partial charge in [0.25, 0.3) is 0 Å². The van der Waals surface area contributed by atoms with E-state index in [1.807, 2.05) is 0 Å². The van der Waals surface area contributed by atoms with E-state index in [2.05, 4.69) is 10.0 Å². The third-order valence-corrected chi connectivity index (χ3v) is 3.05. The third kappa shape index (κ3) is 4.29. The molecule has 7 heteroatoms. The predicted octanol–water partition coefficient (Wildman–Crippen LogP) is 2.45. The fourth-order valence-corrected chi connectivity index (χ4v) is 2.23. The molecule has 1 N–H and O–H groups in total. The van der Waals surface area contributed by atoms with E-state index >= 15 is 0 Å². The summed E-state index contributed by atoms with van der Waals surface area (Å²) < 4.78 is 5.32. The van der Waals surface area contributed by atoms with Crippen molar-refractivity contribution in [2.75, 3.05) is 13.1 Å². The van der Waals surface area contributed by atoms with Gasteiger partial charge in [0.1, 0.15) is 5.60 Å². The van der Waals surface area contributed by atoms with Gasteiger partial charge in [-0.15, -0.1) is 0 Å². The minimum Gasteiger partial charge on any atom is -0.444 e. The minimum absolute atomic E-state index is 0.0620. The number of aliphatic hydroxyl groups is 1. The number of carbonyl (C=O) groups is 1. The van der Waals surface area contributed by atoms with Crippen molar-refractivity contribution in [2.24, 2.45) is 5.11 Å². The van der Waals surface area contributed by atoms with Crippen LogP contribution in [-0.4, -0.2) is 46.4 Å². The van der Waals surface area contributed by atoms with Gasteiger partial charge in [-0.05, 0) is 46.1 Å². The first-order valence-electron chi connectivity index (χ1n) is 6.40. The van der Waals surface area contributed by atoms with Crippen LogP contribution in [0.25, 0.3) is 10.4 Å². The lowest BCUT2D eigenvalue weighted by Crippen LogP contribution is -2.52. The fourth-order valence-electron chi connectivity index (χ4n) is 2.23. The Morgan fingerprint density at radius 2 is 2.16 bits per heavy atom. The number of amides is 1. The van der Waals surface area contributed by atoms with Gasteiger partial charge in [-0.1, -0.05) is 5.11 Å². The number of hydrogen-bond donors (Lipinski definition) is 1. The molecule has 0 aromatic rings. The Hall–Kier alpha value is -1.46. The molecule has 1 rings (SSSR count). The summed E-state index contributed by atoms with van der Waals surface area (Å²) in [4.78, 5) is 16.3. The molecule has 0 aliphatic carbocycles. The monoisotopic (exact) mass is 270 g/mol. The molecule has 0 aromatic carbocycles. The highest BCUT2D eigenvalue weighted by atomic mass is 16.6. The van der Waals surface area contributed by atoms with E-state index in [9.17, 15) is 9.90 Å². The van der Waals surface area contributed by atoms with E-state index in [0.29, 0.717) is 13.0 Å². The predicted molar refractivity (Wildman–Crippen MR) is 70.6 cm³/mol. The van der Waals surface area contributed by atoms with Crippen LogP contribution < -0.4 is 0 Å². The molecule has 0 saturated carbocycles. The molecule has 1 heterocycles. The molecular weight excluding hydrogens is 248 g/mol. The van der Waals surface area contributed by atoms with E-state index in [1.165, 1.54) is 4.90 Å². The molecule has 0 aromatic heterocycles. The molecule has 7 nitrogen and oxygen atoms in total. The largest absolute Gasteiger partial charge is 0.444 e. The normalized spacial score (nSPS) is 22.6. The summed E-state index contributed by atoms with van der Waals surface area (Å²) in [6.07, 6.45) is 1.04. The van der Waals surface area contributed by atoms with Gasteiger partial charge in [-0.3, -0.25) is 0 Å². The lowest BCUT2D eigenvalue weighted by Gasteiger charge is -2.36. The molecule has 1 aliphatic heterocycles. The summed E-state index contributed by atoms with van der Waals surface area (Å²) in [6, 6.07) is -0.382. The van der Waals surface area contributed by atoms with Gasteiger partial charge in [0.2, 0.25) is 0 Å². The number of nitrogens with zero attached hydrogens (tertiary/aromatic N) is 4. The quantitative estimate of drug-likeness (QED) is 0.484. The molecule has 19 heavy (non-hydrogen) atoms. The molecule has 0 radical (unpaired) electrons. The zero-order valence-corrected chi connectivity index (χ0v) is 12.0. The Balaban J connectivity index is 2.78. The fraction of sp³-hybridized carbons (Fsp3) is 0.917. The maximum absolute atomic E-state index is 12.1. The number of azide groups is 1. The zero-order valence-electron chi connectivity index (χ0n) is 12.0. The van der Waals surface area contributed by atoms with Gasteiger partial charge in [0.15, 0.2) is 0 Å². The standard InChI is InChI=1S/C12H22N4O3/c1-11(2,3)19-10(17)16-7-5-6-9(16)12(4,18)8-14-15-13/h9,18H,5-8H2,1-4H3/t9-,12-/m1/s1. The van der Waals surface area contributed by atoms with Gasteiger partial charge in [-0.2, -0.15) is 0 Å². The van der Waals surface area contributed by atoms with Crippen molar-refractivity contribution in [1.82, 2.24) is 4.90 Å². The van der Waals surface area contributed by atoms with Gasteiger partial charge < -0.3 is 14.7 Å². The van der Waals surface area contributed by atoms with E-state index in [0.717, 1.165) is 6.42 Å². The highest BCUT2D eigenvalue weighted by Gasteiger charge is 2.42. The highest BCUT2D eigenvalue weighted by Crippen LogP contribution is 2.29. The molecule has 2 atom stereocenters. The first-order chi connectivity index (χ1) is 8.67. The van der Waals surface area contributed by atoms with Crippen molar-refractivity contribution < 1.29 is 14.6 Å². The van der Waals surface area contributed by atoms with Crippen LogP contribution in [0, 0.1) is 0 Å². The summed E-state index contributed by atoms with van der Waals surface area (Å²) in [5.74, 6) is 0. The van der Waals surface area contributed by atoms with Crippen molar-refractivity contribution in [1.29, 1.82) is 0 Å². The van der Waals surface area contributed by atoms with Crippen molar-refractivity contribution in [3.8, 4) is 0 Å².